The second kappa shape index (κ2) is 8.50. The minimum Gasteiger partial charge on any atom is -0.459 e. The second-order valence-corrected chi connectivity index (χ2v) is 7.79. The molecule has 0 aliphatic carbocycles. The standard InChI is InChI=1S/C21H20N2O6S/c1-10-8-16(23-20(26)15-6-5-7-28-15)30-19(10)21(27)29-9-14(25)18-11(2)17(13(4)24)12(3)22-18/h5-8,22H,9H2,1-4H3,(H,23,26). The number of nitrogens with one attached hydrogen (secondary N) is 2. The Morgan fingerprint density at radius 1 is 1.20 bits per heavy atom. The van der Waals surface area contributed by atoms with Gasteiger partial charge in [0.05, 0.1) is 17.0 Å². The SMILES string of the molecule is CC(=O)c1c(C)[nH]c(C(=O)COC(=O)c2sc(NC(=O)c3ccco3)cc2C)c1C. The topological polar surface area (TPSA) is 118 Å². The van der Waals surface area contributed by atoms with Crippen molar-refractivity contribution < 1.29 is 28.3 Å². The Balaban J connectivity index is 1.66. The van der Waals surface area contributed by atoms with E-state index in [-0.39, 0.29) is 22.1 Å². The molecule has 0 bridgehead atoms. The van der Waals surface area contributed by atoms with Crippen LogP contribution in [0.25, 0.3) is 0 Å². The van der Waals surface area contributed by atoms with Crippen molar-refractivity contribution >= 4 is 39.8 Å². The second-order valence-electron chi connectivity index (χ2n) is 6.73. The zero-order valence-corrected chi connectivity index (χ0v) is 17.7. The van der Waals surface area contributed by atoms with Crippen LogP contribution in [0.5, 0.6) is 0 Å². The number of thiophene rings is 1. The number of esters is 1. The molecule has 0 saturated heterocycles. The number of ketones is 2. The number of hydrogen-bond donors (Lipinski definition) is 2. The van der Waals surface area contributed by atoms with Crippen molar-refractivity contribution in [1.29, 1.82) is 0 Å². The molecule has 2 N–H and O–H groups in total. The molecule has 0 saturated carbocycles. The van der Waals surface area contributed by atoms with E-state index in [9.17, 15) is 19.2 Å². The van der Waals surface area contributed by atoms with E-state index < -0.39 is 24.3 Å². The van der Waals surface area contributed by atoms with E-state index in [4.69, 9.17) is 9.15 Å². The maximum atomic E-state index is 12.5. The van der Waals surface area contributed by atoms with Crippen LogP contribution in [0.3, 0.4) is 0 Å². The number of carbonyl (C=O) groups excluding carboxylic acids is 4. The van der Waals surface area contributed by atoms with Gasteiger partial charge in [0.2, 0.25) is 5.78 Å². The van der Waals surface area contributed by atoms with Gasteiger partial charge in [0, 0.05) is 11.3 Å². The number of hydrogen-bond acceptors (Lipinski definition) is 7. The Hall–Kier alpha value is -3.46. The fourth-order valence-electron chi connectivity index (χ4n) is 3.15. The summed E-state index contributed by atoms with van der Waals surface area (Å²) in [5.41, 5.74) is 2.46. The molecule has 1 amide bonds. The molecule has 0 aromatic carbocycles. The van der Waals surface area contributed by atoms with E-state index in [1.165, 1.54) is 19.3 Å². The van der Waals surface area contributed by atoms with Crippen molar-refractivity contribution in [2.75, 3.05) is 11.9 Å². The molecular weight excluding hydrogens is 408 g/mol. The van der Waals surface area contributed by atoms with Gasteiger partial charge in [0.15, 0.2) is 18.2 Å². The first-order chi connectivity index (χ1) is 14.2. The van der Waals surface area contributed by atoms with Crippen molar-refractivity contribution in [3.63, 3.8) is 0 Å². The first-order valence-corrected chi connectivity index (χ1v) is 9.86. The van der Waals surface area contributed by atoms with Crippen molar-refractivity contribution in [1.82, 2.24) is 4.98 Å². The van der Waals surface area contributed by atoms with Crippen LogP contribution in [0, 0.1) is 20.8 Å². The molecule has 8 nitrogen and oxygen atoms in total. The number of amides is 1. The lowest BCUT2D eigenvalue weighted by atomic mass is 10.1. The number of anilines is 1. The summed E-state index contributed by atoms with van der Waals surface area (Å²) in [6, 6.07) is 4.76. The van der Waals surface area contributed by atoms with Crippen molar-refractivity contribution in [3.8, 4) is 0 Å². The first kappa shape index (κ1) is 21.3. The molecule has 0 fully saturated rings. The Morgan fingerprint density at radius 2 is 1.93 bits per heavy atom. The summed E-state index contributed by atoms with van der Waals surface area (Å²) in [6.45, 7) is 6.05. The molecule has 0 aliphatic rings. The molecule has 30 heavy (non-hydrogen) atoms. The van der Waals surface area contributed by atoms with E-state index >= 15 is 0 Å². The van der Waals surface area contributed by atoms with E-state index in [2.05, 4.69) is 10.3 Å². The summed E-state index contributed by atoms with van der Waals surface area (Å²) in [7, 11) is 0. The number of furan rings is 1. The number of Topliss-reactive ketones (excluding diaryl/α,β-unsaturated/α-hetero) is 2. The highest BCUT2D eigenvalue weighted by molar-refractivity contribution is 7.18. The molecule has 156 valence electrons. The zero-order valence-electron chi connectivity index (χ0n) is 16.9. The third-order valence-electron chi connectivity index (χ3n) is 4.49. The molecule has 3 heterocycles. The van der Waals surface area contributed by atoms with E-state index in [0.717, 1.165) is 11.3 Å². The van der Waals surface area contributed by atoms with Gasteiger partial charge in [-0.25, -0.2) is 4.79 Å². The molecule has 0 radical (unpaired) electrons. The summed E-state index contributed by atoms with van der Waals surface area (Å²) in [6.07, 6.45) is 1.39. The maximum absolute atomic E-state index is 12.5. The molecule has 0 atom stereocenters. The normalized spacial score (nSPS) is 10.7. The highest BCUT2D eigenvalue weighted by atomic mass is 32.1. The van der Waals surface area contributed by atoms with Crippen molar-refractivity contribution in [2.24, 2.45) is 0 Å². The molecular formula is C21H20N2O6S. The van der Waals surface area contributed by atoms with Gasteiger partial charge < -0.3 is 19.5 Å². The fourth-order valence-corrected chi connectivity index (χ4v) is 4.11. The number of H-pyrrole nitrogens is 1. The molecule has 0 spiro atoms. The summed E-state index contributed by atoms with van der Waals surface area (Å²) in [5.74, 6) is -1.53. The van der Waals surface area contributed by atoms with E-state index in [1.807, 2.05) is 0 Å². The van der Waals surface area contributed by atoms with E-state index in [0.29, 0.717) is 27.4 Å². The van der Waals surface area contributed by atoms with Gasteiger partial charge in [-0.3, -0.25) is 14.4 Å². The molecule has 0 aliphatic heterocycles. The van der Waals surface area contributed by atoms with Gasteiger partial charge in [-0.2, -0.15) is 0 Å². The Bertz CT molecular complexity index is 1140. The summed E-state index contributed by atoms with van der Waals surface area (Å²) in [4.78, 5) is 51.9. The minimum atomic E-state index is -0.669. The highest BCUT2D eigenvalue weighted by Gasteiger charge is 2.22. The van der Waals surface area contributed by atoms with Crippen LogP contribution in [-0.4, -0.2) is 35.0 Å². The van der Waals surface area contributed by atoms with Crippen molar-refractivity contribution in [3.05, 3.63) is 63.2 Å². The Morgan fingerprint density at radius 3 is 2.53 bits per heavy atom. The number of aryl methyl sites for hydroxylation is 2. The average molecular weight is 428 g/mol. The fraction of sp³-hybridized carbons (Fsp3) is 0.238. The van der Waals surface area contributed by atoms with Gasteiger partial charge in [0.1, 0.15) is 4.88 Å². The smallest absolute Gasteiger partial charge is 0.349 e. The predicted molar refractivity (Wildman–Crippen MR) is 111 cm³/mol. The van der Waals surface area contributed by atoms with Gasteiger partial charge in [-0.1, -0.05) is 0 Å². The molecule has 3 aromatic heterocycles. The molecule has 3 rings (SSSR count). The highest BCUT2D eigenvalue weighted by Crippen LogP contribution is 2.28. The van der Waals surface area contributed by atoms with Crippen LogP contribution >= 0.6 is 11.3 Å². The summed E-state index contributed by atoms with van der Waals surface area (Å²) in [5, 5.41) is 3.11. The van der Waals surface area contributed by atoms with Crippen LogP contribution in [0.15, 0.2) is 28.9 Å². The quantitative estimate of drug-likeness (QED) is 0.432. The number of aromatic nitrogens is 1. The lowest BCUT2D eigenvalue weighted by molar-refractivity contribution is 0.0477. The number of ether oxygens (including phenoxy) is 1. The van der Waals surface area contributed by atoms with Gasteiger partial charge >= 0.3 is 5.97 Å². The number of aromatic amines is 1. The summed E-state index contributed by atoms with van der Waals surface area (Å²) < 4.78 is 10.2. The predicted octanol–water partition coefficient (Wildman–Crippen LogP) is 4.09. The maximum Gasteiger partial charge on any atom is 0.349 e. The number of rotatable bonds is 7. The van der Waals surface area contributed by atoms with Gasteiger partial charge in [-0.15, -0.1) is 11.3 Å². The lowest BCUT2D eigenvalue weighted by Gasteiger charge is -2.04. The molecule has 0 unspecified atom stereocenters. The minimum absolute atomic E-state index is 0.143. The monoisotopic (exact) mass is 428 g/mol. The third-order valence-corrected chi connectivity index (χ3v) is 5.62. The molecule has 3 aromatic rings. The van der Waals surface area contributed by atoms with Crippen molar-refractivity contribution in [2.45, 2.75) is 27.7 Å². The summed E-state index contributed by atoms with van der Waals surface area (Å²) >= 11 is 1.04. The Labute approximate surface area is 176 Å². The lowest BCUT2D eigenvalue weighted by Crippen LogP contribution is -2.15. The van der Waals surface area contributed by atoms with Gasteiger partial charge in [-0.05, 0) is 57.0 Å². The van der Waals surface area contributed by atoms with Crippen LogP contribution in [0.4, 0.5) is 5.00 Å². The van der Waals surface area contributed by atoms with Crippen LogP contribution < -0.4 is 5.32 Å². The number of carbonyl (C=O) groups is 4. The van der Waals surface area contributed by atoms with Crippen LogP contribution in [0.2, 0.25) is 0 Å². The van der Waals surface area contributed by atoms with Gasteiger partial charge in [0.25, 0.3) is 5.91 Å². The zero-order chi connectivity index (χ0) is 22.0. The first-order valence-electron chi connectivity index (χ1n) is 9.04. The third kappa shape index (κ3) is 4.25. The molecule has 9 heteroatoms. The van der Waals surface area contributed by atoms with Crippen LogP contribution in [0.1, 0.15) is 64.8 Å². The largest absolute Gasteiger partial charge is 0.459 e. The van der Waals surface area contributed by atoms with Crippen LogP contribution in [-0.2, 0) is 4.74 Å². The van der Waals surface area contributed by atoms with E-state index in [1.54, 1.807) is 32.9 Å². The average Bonchev–Trinajstić information content (AvgIpc) is 3.39. The Kier molecular flexibility index (Phi) is 6.02.